The Hall–Kier alpha value is -0.0400. The highest BCUT2D eigenvalue weighted by Gasteiger charge is 2.13. The first kappa shape index (κ1) is 14.5. The molecule has 1 aliphatic heterocycles. The Morgan fingerprint density at radius 3 is 2.25 bits per heavy atom. The van der Waals surface area contributed by atoms with Crippen molar-refractivity contribution in [3.8, 4) is 0 Å². The largest absolute Gasteiger partial charge is 0.316 e. The van der Waals surface area contributed by atoms with Gasteiger partial charge in [-0.1, -0.05) is 35.1 Å². The van der Waals surface area contributed by atoms with Gasteiger partial charge >= 0.3 is 0 Å². The van der Waals surface area contributed by atoms with Crippen LogP contribution in [-0.2, 0) is 0 Å². The second-order valence-corrected chi connectivity index (χ2v) is 3.30. The zero-order valence-corrected chi connectivity index (χ0v) is 8.48. The van der Waals surface area contributed by atoms with E-state index in [1.165, 1.54) is 25.9 Å². The second kappa shape index (κ2) is 9.05. The van der Waals surface area contributed by atoms with Crippen LogP contribution in [0.5, 0.6) is 0 Å². The maximum absolute atomic E-state index is 3.43. The lowest BCUT2D eigenvalue weighted by molar-refractivity contribution is 0.383. The maximum Gasteiger partial charge on any atom is -0.00206 e. The minimum atomic E-state index is 0. The smallest absolute Gasteiger partial charge is 0.00206 e. The second-order valence-electron chi connectivity index (χ2n) is 3.30. The molecular weight excluding hydrogens is 146 g/mol. The molecular formula is C11H27N. The Balaban J connectivity index is 0. The molecule has 0 aromatic heterocycles. The van der Waals surface area contributed by atoms with E-state index < -0.39 is 0 Å². The van der Waals surface area contributed by atoms with E-state index in [2.05, 4.69) is 19.2 Å². The van der Waals surface area contributed by atoms with Crippen LogP contribution in [0.3, 0.4) is 0 Å². The van der Waals surface area contributed by atoms with E-state index in [0.29, 0.717) is 0 Å². The van der Waals surface area contributed by atoms with Crippen LogP contribution in [0.15, 0.2) is 0 Å². The minimum Gasteiger partial charge on any atom is -0.316 e. The minimum absolute atomic E-state index is 0. The molecule has 0 amide bonds. The molecule has 0 spiro atoms. The highest BCUT2D eigenvalue weighted by atomic mass is 14.9. The van der Waals surface area contributed by atoms with Crippen molar-refractivity contribution in [3.63, 3.8) is 0 Å². The summed E-state index contributed by atoms with van der Waals surface area (Å²) in [6.07, 6.45) is 2.78. The van der Waals surface area contributed by atoms with Gasteiger partial charge in [0.1, 0.15) is 0 Å². The first-order valence-electron chi connectivity index (χ1n) is 5.01. The maximum atomic E-state index is 3.43. The fourth-order valence-corrected chi connectivity index (χ4v) is 1.36. The SMILES string of the molecule is C.CC.CC1CCCNCC1C. The van der Waals surface area contributed by atoms with Gasteiger partial charge in [-0.2, -0.15) is 0 Å². The van der Waals surface area contributed by atoms with E-state index in [-0.39, 0.29) is 7.43 Å². The van der Waals surface area contributed by atoms with Crippen LogP contribution in [0.2, 0.25) is 0 Å². The van der Waals surface area contributed by atoms with E-state index in [4.69, 9.17) is 0 Å². The summed E-state index contributed by atoms with van der Waals surface area (Å²) >= 11 is 0. The third kappa shape index (κ3) is 5.59. The highest BCUT2D eigenvalue weighted by Crippen LogP contribution is 2.17. The Morgan fingerprint density at radius 2 is 1.67 bits per heavy atom. The molecule has 0 radical (unpaired) electrons. The topological polar surface area (TPSA) is 12.0 Å². The fourth-order valence-electron chi connectivity index (χ4n) is 1.36. The number of hydrogen-bond acceptors (Lipinski definition) is 1. The van der Waals surface area contributed by atoms with Crippen molar-refractivity contribution in [2.75, 3.05) is 13.1 Å². The van der Waals surface area contributed by atoms with E-state index in [1.54, 1.807) is 0 Å². The van der Waals surface area contributed by atoms with E-state index in [9.17, 15) is 0 Å². The van der Waals surface area contributed by atoms with Crippen LogP contribution in [-0.4, -0.2) is 13.1 Å². The van der Waals surface area contributed by atoms with Gasteiger partial charge < -0.3 is 5.32 Å². The molecule has 1 heteroatoms. The van der Waals surface area contributed by atoms with Gasteiger partial charge in [-0.3, -0.25) is 0 Å². The molecule has 2 unspecified atom stereocenters. The zero-order valence-electron chi connectivity index (χ0n) is 8.48. The number of rotatable bonds is 0. The molecule has 76 valence electrons. The number of hydrogen-bond donors (Lipinski definition) is 1. The highest BCUT2D eigenvalue weighted by molar-refractivity contribution is 4.68. The van der Waals surface area contributed by atoms with Gasteiger partial charge in [0.05, 0.1) is 0 Å². The standard InChI is InChI=1S/C8H17N.C2H6.CH4/c1-7-4-3-5-9-6-8(7)2;1-2;/h7-9H,3-6H2,1-2H3;1-2H3;1H4. The third-order valence-corrected chi connectivity index (χ3v) is 2.45. The van der Waals surface area contributed by atoms with Crippen molar-refractivity contribution < 1.29 is 0 Å². The van der Waals surface area contributed by atoms with Crippen molar-refractivity contribution >= 4 is 0 Å². The Labute approximate surface area is 78.9 Å². The summed E-state index contributed by atoms with van der Waals surface area (Å²) in [5.41, 5.74) is 0. The van der Waals surface area contributed by atoms with E-state index in [0.717, 1.165) is 11.8 Å². The van der Waals surface area contributed by atoms with Crippen molar-refractivity contribution in [3.05, 3.63) is 0 Å². The molecule has 1 aliphatic rings. The first-order valence-corrected chi connectivity index (χ1v) is 5.01. The molecule has 0 bridgehead atoms. The monoisotopic (exact) mass is 173 g/mol. The lowest BCUT2D eigenvalue weighted by Gasteiger charge is -2.14. The molecule has 2 atom stereocenters. The lowest BCUT2D eigenvalue weighted by Crippen LogP contribution is -2.21. The van der Waals surface area contributed by atoms with Crippen LogP contribution < -0.4 is 5.32 Å². The summed E-state index contributed by atoms with van der Waals surface area (Å²) < 4.78 is 0. The molecule has 1 saturated heterocycles. The molecule has 1 heterocycles. The Kier molecular flexibility index (Phi) is 10.9. The van der Waals surface area contributed by atoms with Crippen LogP contribution in [0.4, 0.5) is 0 Å². The van der Waals surface area contributed by atoms with Gasteiger partial charge in [-0.05, 0) is 37.8 Å². The fraction of sp³-hybridized carbons (Fsp3) is 1.00. The summed E-state index contributed by atoms with van der Waals surface area (Å²) in [4.78, 5) is 0. The molecule has 12 heavy (non-hydrogen) atoms. The molecule has 0 aromatic rings. The van der Waals surface area contributed by atoms with Gasteiger partial charge in [0.2, 0.25) is 0 Å². The van der Waals surface area contributed by atoms with Crippen LogP contribution in [0, 0.1) is 11.8 Å². The van der Waals surface area contributed by atoms with Gasteiger partial charge in [-0.15, -0.1) is 0 Å². The quantitative estimate of drug-likeness (QED) is 0.592. The van der Waals surface area contributed by atoms with Crippen LogP contribution in [0.25, 0.3) is 0 Å². The van der Waals surface area contributed by atoms with E-state index in [1.807, 2.05) is 13.8 Å². The predicted octanol–water partition coefficient (Wildman–Crippen LogP) is 3.30. The first-order chi connectivity index (χ1) is 5.30. The van der Waals surface area contributed by atoms with Gasteiger partial charge in [0, 0.05) is 0 Å². The van der Waals surface area contributed by atoms with Crippen molar-refractivity contribution in [1.82, 2.24) is 5.32 Å². The molecule has 1 rings (SSSR count). The van der Waals surface area contributed by atoms with Gasteiger partial charge in [0.15, 0.2) is 0 Å². The molecule has 0 aromatic carbocycles. The zero-order chi connectivity index (χ0) is 8.69. The van der Waals surface area contributed by atoms with E-state index >= 15 is 0 Å². The van der Waals surface area contributed by atoms with Gasteiger partial charge in [-0.25, -0.2) is 0 Å². The summed E-state index contributed by atoms with van der Waals surface area (Å²) in [7, 11) is 0. The van der Waals surface area contributed by atoms with Crippen molar-refractivity contribution in [2.45, 2.75) is 48.0 Å². The summed E-state index contributed by atoms with van der Waals surface area (Å²) in [6, 6.07) is 0. The predicted molar refractivity (Wildman–Crippen MR) is 58.5 cm³/mol. The summed E-state index contributed by atoms with van der Waals surface area (Å²) in [5, 5.41) is 3.43. The Morgan fingerprint density at radius 1 is 1.08 bits per heavy atom. The Bertz CT molecular complexity index is 71.1. The van der Waals surface area contributed by atoms with Crippen LogP contribution in [0.1, 0.15) is 48.0 Å². The normalized spacial score (nSPS) is 29.0. The molecule has 1 nitrogen and oxygen atoms in total. The summed E-state index contributed by atoms with van der Waals surface area (Å²) in [5.74, 6) is 1.81. The third-order valence-electron chi connectivity index (χ3n) is 2.45. The molecule has 0 saturated carbocycles. The van der Waals surface area contributed by atoms with Crippen molar-refractivity contribution in [1.29, 1.82) is 0 Å². The molecule has 1 N–H and O–H groups in total. The average molecular weight is 173 g/mol. The summed E-state index contributed by atoms with van der Waals surface area (Å²) in [6.45, 7) is 11.1. The number of nitrogens with one attached hydrogen (secondary N) is 1. The molecule has 0 aliphatic carbocycles. The lowest BCUT2D eigenvalue weighted by atomic mass is 9.93. The van der Waals surface area contributed by atoms with Crippen LogP contribution >= 0.6 is 0 Å². The molecule has 1 fully saturated rings. The average Bonchev–Trinajstić information content (AvgIpc) is 2.22. The van der Waals surface area contributed by atoms with Crippen molar-refractivity contribution in [2.24, 2.45) is 11.8 Å². The van der Waals surface area contributed by atoms with Gasteiger partial charge in [0.25, 0.3) is 0 Å².